The van der Waals surface area contributed by atoms with Crippen LogP contribution in [0.1, 0.15) is 28.4 Å². The fourth-order valence-corrected chi connectivity index (χ4v) is 2.29. The summed E-state index contributed by atoms with van der Waals surface area (Å²) in [6.45, 7) is 2.46. The first-order valence-corrected chi connectivity index (χ1v) is 8.66. The van der Waals surface area contributed by atoms with Gasteiger partial charge in [0, 0.05) is 38.0 Å². The standard InChI is InChI=1S/C21H24N4O2/c1-4-22-20(26)13-8-16-6-5-7-17(14-16)15-23-24-21(27)18-9-11-19(12-10-18)25(2)3/h5-15H,4H2,1-3H3,(H,22,26)(H,24,27)/b13-8+,23-15+. The molecule has 0 fully saturated rings. The average Bonchev–Trinajstić information content (AvgIpc) is 2.67. The molecule has 0 spiro atoms. The summed E-state index contributed by atoms with van der Waals surface area (Å²) in [7, 11) is 3.89. The molecule has 6 heteroatoms. The lowest BCUT2D eigenvalue weighted by atomic mass is 10.1. The Bertz CT molecular complexity index is 840. The number of carbonyl (C=O) groups excluding carboxylic acids is 2. The lowest BCUT2D eigenvalue weighted by Gasteiger charge is -2.12. The van der Waals surface area contributed by atoms with Gasteiger partial charge in [-0.15, -0.1) is 0 Å². The molecule has 2 N–H and O–H groups in total. The van der Waals surface area contributed by atoms with E-state index < -0.39 is 0 Å². The third kappa shape index (κ3) is 6.43. The number of rotatable bonds is 7. The zero-order valence-electron chi connectivity index (χ0n) is 15.8. The van der Waals surface area contributed by atoms with E-state index in [4.69, 9.17) is 0 Å². The Morgan fingerprint density at radius 2 is 1.78 bits per heavy atom. The molecule has 0 unspecified atom stereocenters. The monoisotopic (exact) mass is 364 g/mol. The molecule has 2 aromatic carbocycles. The average molecular weight is 364 g/mol. The topological polar surface area (TPSA) is 73.8 Å². The number of nitrogens with one attached hydrogen (secondary N) is 2. The number of likely N-dealkylation sites (N-methyl/N-ethyl adjacent to an activating group) is 1. The van der Waals surface area contributed by atoms with Crippen LogP contribution in [0.2, 0.25) is 0 Å². The Morgan fingerprint density at radius 3 is 2.44 bits per heavy atom. The predicted molar refractivity (Wildman–Crippen MR) is 110 cm³/mol. The second-order valence-corrected chi connectivity index (χ2v) is 6.04. The maximum absolute atomic E-state index is 12.1. The minimum Gasteiger partial charge on any atom is -0.378 e. The molecule has 0 heterocycles. The molecule has 2 aromatic rings. The van der Waals surface area contributed by atoms with Crippen LogP contribution in [0.15, 0.2) is 59.7 Å². The zero-order valence-corrected chi connectivity index (χ0v) is 15.8. The van der Waals surface area contributed by atoms with Crippen molar-refractivity contribution in [3.05, 3.63) is 71.3 Å². The normalized spacial score (nSPS) is 10.9. The summed E-state index contributed by atoms with van der Waals surface area (Å²) >= 11 is 0. The Hall–Kier alpha value is -3.41. The number of amides is 2. The number of benzene rings is 2. The van der Waals surface area contributed by atoms with Gasteiger partial charge in [-0.3, -0.25) is 9.59 Å². The molecule has 0 aliphatic rings. The van der Waals surface area contributed by atoms with Crippen molar-refractivity contribution in [1.29, 1.82) is 0 Å². The Morgan fingerprint density at radius 1 is 1.07 bits per heavy atom. The molecule has 0 aliphatic heterocycles. The van der Waals surface area contributed by atoms with Gasteiger partial charge in [0.2, 0.25) is 5.91 Å². The first-order valence-electron chi connectivity index (χ1n) is 8.66. The highest BCUT2D eigenvalue weighted by Gasteiger charge is 2.04. The van der Waals surface area contributed by atoms with Crippen LogP contribution in [0.4, 0.5) is 5.69 Å². The van der Waals surface area contributed by atoms with Crippen LogP contribution in [0.25, 0.3) is 6.08 Å². The molecule has 140 valence electrons. The van der Waals surface area contributed by atoms with Crippen LogP contribution in [0.3, 0.4) is 0 Å². The fraction of sp³-hybridized carbons (Fsp3) is 0.190. The molecule has 2 amide bonds. The number of hydrogen-bond acceptors (Lipinski definition) is 4. The van der Waals surface area contributed by atoms with Gasteiger partial charge < -0.3 is 10.2 Å². The summed E-state index contributed by atoms with van der Waals surface area (Å²) in [5.74, 6) is -0.409. The summed E-state index contributed by atoms with van der Waals surface area (Å²) in [6, 6.07) is 14.8. The molecule has 0 bridgehead atoms. The Balaban J connectivity index is 1.96. The largest absolute Gasteiger partial charge is 0.378 e. The molecule has 0 saturated heterocycles. The molecular formula is C21H24N4O2. The maximum Gasteiger partial charge on any atom is 0.271 e. The van der Waals surface area contributed by atoms with Crippen molar-refractivity contribution in [2.24, 2.45) is 5.10 Å². The van der Waals surface area contributed by atoms with E-state index in [1.54, 1.807) is 24.4 Å². The molecule has 6 nitrogen and oxygen atoms in total. The van der Waals surface area contributed by atoms with E-state index in [0.717, 1.165) is 16.8 Å². The molecule has 0 aliphatic carbocycles. The van der Waals surface area contributed by atoms with Gasteiger partial charge in [0.15, 0.2) is 0 Å². The van der Waals surface area contributed by atoms with Gasteiger partial charge in [-0.1, -0.05) is 18.2 Å². The zero-order chi connectivity index (χ0) is 19.6. The van der Waals surface area contributed by atoms with E-state index in [1.807, 2.05) is 62.3 Å². The van der Waals surface area contributed by atoms with Crippen LogP contribution in [0.5, 0.6) is 0 Å². The number of nitrogens with zero attached hydrogens (tertiary/aromatic N) is 2. The van der Waals surface area contributed by atoms with Crippen LogP contribution < -0.4 is 15.6 Å². The number of hydrogen-bond donors (Lipinski definition) is 2. The SMILES string of the molecule is CCNC(=O)/C=C/c1cccc(/C=N/NC(=O)c2ccc(N(C)C)cc2)c1. The Kier molecular flexibility index (Phi) is 7.31. The van der Waals surface area contributed by atoms with Crippen molar-refractivity contribution in [2.75, 3.05) is 25.5 Å². The summed E-state index contributed by atoms with van der Waals surface area (Å²) in [6.07, 6.45) is 4.78. The molecule has 27 heavy (non-hydrogen) atoms. The molecule has 2 rings (SSSR count). The molecule has 0 saturated carbocycles. The molecule has 0 radical (unpaired) electrons. The van der Waals surface area contributed by atoms with E-state index in [9.17, 15) is 9.59 Å². The van der Waals surface area contributed by atoms with Gasteiger partial charge >= 0.3 is 0 Å². The first-order chi connectivity index (χ1) is 13.0. The highest BCUT2D eigenvalue weighted by molar-refractivity contribution is 5.95. The van der Waals surface area contributed by atoms with E-state index in [0.29, 0.717) is 12.1 Å². The number of anilines is 1. The highest BCUT2D eigenvalue weighted by Crippen LogP contribution is 2.12. The van der Waals surface area contributed by atoms with E-state index in [-0.39, 0.29) is 11.8 Å². The van der Waals surface area contributed by atoms with Gasteiger partial charge in [-0.2, -0.15) is 5.10 Å². The number of hydrazone groups is 1. The predicted octanol–water partition coefficient (Wildman–Crippen LogP) is 2.67. The van der Waals surface area contributed by atoms with E-state index in [1.165, 1.54) is 6.08 Å². The van der Waals surface area contributed by atoms with Crippen molar-refractivity contribution in [3.63, 3.8) is 0 Å². The van der Waals surface area contributed by atoms with Crippen LogP contribution in [0, 0.1) is 0 Å². The van der Waals surface area contributed by atoms with Crippen molar-refractivity contribution in [1.82, 2.24) is 10.7 Å². The van der Waals surface area contributed by atoms with Gasteiger partial charge in [0.25, 0.3) is 5.91 Å². The summed E-state index contributed by atoms with van der Waals surface area (Å²) in [5, 5.41) is 6.70. The summed E-state index contributed by atoms with van der Waals surface area (Å²) < 4.78 is 0. The third-order valence-electron chi connectivity index (χ3n) is 3.71. The second-order valence-electron chi connectivity index (χ2n) is 6.04. The van der Waals surface area contributed by atoms with Crippen LogP contribution >= 0.6 is 0 Å². The van der Waals surface area contributed by atoms with Crippen LogP contribution in [-0.2, 0) is 4.79 Å². The Labute approximate surface area is 159 Å². The van der Waals surface area contributed by atoms with Crippen molar-refractivity contribution in [2.45, 2.75) is 6.92 Å². The van der Waals surface area contributed by atoms with E-state index in [2.05, 4.69) is 15.8 Å². The van der Waals surface area contributed by atoms with E-state index >= 15 is 0 Å². The molecule has 0 aromatic heterocycles. The van der Waals surface area contributed by atoms with Gasteiger partial charge in [0.05, 0.1) is 6.21 Å². The third-order valence-corrected chi connectivity index (χ3v) is 3.71. The highest BCUT2D eigenvalue weighted by atomic mass is 16.2. The minimum absolute atomic E-state index is 0.135. The van der Waals surface area contributed by atoms with Gasteiger partial charge in [-0.05, 0) is 54.5 Å². The molecule has 0 atom stereocenters. The molecular weight excluding hydrogens is 340 g/mol. The van der Waals surface area contributed by atoms with Crippen molar-refractivity contribution in [3.8, 4) is 0 Å². The second kappa shape index (κ2) is 9.91. The van der Waals surface area contributed by atoms with Crippen LogP contribution in [-0.4, -0.2) is 38.7 Å². The smallest absolute Gasteiger partial charge is 0.271 e. The first kappa shape index (κ1) is 19.9. The fourth-order valence-electron chi connectivity index (χ4n) is 2.29. The van der Waals surface area contributed by atoms with Crippen molar-refractivity contribution >= 4 is 29.8 Å². The minimum atomic E-state index is -0.274. The lowest BCUT2D eigenvalue weighted by molar-refractivity contribution is -0.116. The summed E-state index contributed by atoms with van der Waals surface area (Å²) in [4.78, 5) is 25.6. The maximum atomic E-state index is 12.1. The van der Waals surface area contributed by atoms with Gasteiger partial charge in [-0.25, -0.2) is 5.43 Å². The van der Waals surface area contributed by atoms with Crippen molar-refractivity contribution < 1.29 is 9.59 Å². The quantitative estimate of drug-likeness (QED) is 0.451. The van der Waals surface area contributed by atoms with Gasteiger partial charge in [0.1, 0.15) is 0 Å². The summed E-state index contributed by atoms with van der Waals surface area (Å²) in [5.41, 5.74) is 5.76. The number of carbonyl (C=O) groups is 2. The lowest BCUT2D eigenvalue weighted by Crippen LogP contribution is -2.19.